The van der Waals surface area contributed by atoms with E-state index in [1.165, 1.54) is 32.9 Å². The van der Waals surface area contributed by atoms with Gasteiger partial charge in [-0.3, -0.25) is 33.6 Å². The second-order valence-electron chi connectivity index (χ2n) is 19.9. The molecule has 5 amide bonds. The van der Waals surface area contributed by atoms with Crippen LogP contribution in [0.2, 0.25) is 0 Å². The number of carbonyl (C=O) groups is 8. The lowest BCUT2D eigenvalue weighted by molar-refractivity contribution is -0.235. The Hall–Kier alpha value is -6.02. The van der Waals surface area contributed by atoms with Crippen LogP contribution in [0, 0.1) is 22.7 Å². The van der Waals surface area contributed by atoms with Crippen LogP contribution in [-0.4, -0.2) is 111 Å². The Bertz CT molecular complexity index is 2540. The highest BCUT2D eigenvalue weighted by atomic mass is 19.1. The molecular weight excluding hydrogens is 915 g/mol. The largest absolute Gasteiger partial charge is 0.390 e. The molecular formula is C51H58F2N4O13. The minimum absolute atomic E-state index is 0.00638. The zero-order valence-electron chi connectivity index (χ0n) is 39.3. The van der Waals surface area contributed by atoms with E-state index in [0.29, 0.717) is 22.7 Å². The summed E-state index contributed by atoms with van der Waals surface area (Å²) < 4.78 is 46.8. The van der Waals surface area contributed by atoms with Crippen molar-refractivity contribution < 1.29 is 71.7 Å². The third kappa shape index (κ3) is 8.78. The molecule has 0 bridgehead atoms. The smallest absolute Gasteiger partial charge is 0.333 e. The quantitative estimate of drug-likeness (QED) is 0.118. The number of aliphatic hydroxyl groups is 2. The number of allylic oxidation sites excluding steroid dienone is 4. The van der Waals surface area contributed by atoms with Crippen LogP contribution < -0.4 is 16.0 Å². The number of aliphatic hydroxyl groups excluding tert-OH is 2. The standard InChI is InChI=1S/C51H58F2N4O13/c1-27(54-41(62)10-5-6-11-44(65)70-57-42(63)16-17-43(57)64)45(66)55-28(2)46(67)56-32-9-7-8-30(21-32)20-29-12-14-31(15-13-29)47-68-40-24-34-35-23-37(52)36-22-33(59)18-19-48(36,3)50(35,53)38(60)25-49(34,4)51(40,69-47)39(61)26-58/h7-9,12-15,18-19,21-22,27-28,34-35,37-38,40,47,58,60H,5-6,10-11,16-17,20,23-26H2,1-4H3,(H,54,62)(H,55,66)(H,56,67)/t27-,28-,34?,35-,37-,38-,40+,47+,48-,49-,50-,51+/m0/s1. The van der Waals surface area contributed by atoms with Gasteiger partial charge in [0, 0.05) is 53.7 Å². The average molecular weight is 973 g/mol. The number of amides is 5. The van der Waals surface area contributed by atoms with Gasteiger partial charge in [-0.15, -0.1) is 5.06 Å². The molecule has 0 spiro atoms. The summed E-state index contributed by atoms with van der Waals surface area (Å²) >= 11 is 0. The van der Waals surface area contributed by atoms with E-state index in [0.717, 1.165) is 17.2 Å². The van der Waals surface area contributed by atoms with E-state index in [-0.39, 0.29) is 63.4 Å². The summed E-state index contributed by atoms with van der Waals surface area (Å²) in [6.45, 7) is 5.30. The lowest BCUT2D eigenvalue weighted by Crippen LogP contribution is -2.70. The maximum Gasteiger partial charge on any atom is 0.333 e. The van der Waals surface area contributed by atoms with E-state index in [1.807, 2.05) is 18.2 Å². The fourth-order valence-electron chi connectivity index (χ4n) is 11.9. The molecule has 374 valence electrons. The van der Waals surface area contributed by atoms with Crippen LogP contribution in [0.15, 0.2) is 72.3 Å². The number of nitrogens with one attached hydrogen (secondary N) is 3. The summed E-state index contributed by atoms with van der Waals surface area (Å²) in [7, 11) is 0. The monoisotopic (exact) mass is 972 g/mol. The van der Waals surface area contributed by atoms with Crippen molar-refractivity contribution in [3.63, 3.8) is 0 Å². The summed E-state index contributed by atoms with van der Waals surface area (Å²) in [5.41, 5.74) is -4.25. The van der Waals surface area contributed by atoms with Gasteiger partial charge in [0.05, 0.1) is 12.2 Å². The molecule has 2 heterocycles. The molecule has 8 rings (SSSR count). The number of ether oxygens (including phenoxy) is 2. The van der Waals surface area contributed by atoms with E-state index in [2.05, 4.69) is 16.0 Å². The third-order valence-corrected chi connectivity index (χ3v) is 15.5. The van der Waals surface area contributed by atoms with Gasteiger partial charge in [0.2, 0.25) is 17.7 Å². The number of hydrogen-bond donors (Lipinski definition) is 5. The molecule has 19 heteroatoms. The predicted molar refractivity (Wildman–Crippen MR) is 243 cm³/mol. The van der Waals surface area contributed by atoms with Crippen molar-refractivity contribution in [2.75, 3.05) is 11.9 Å². The summed E-state index contributed by atoms with van der Waals surface area (Å²) in [6, 6.07) is 12.4. The molecule has 1 unspecified atom stereocenters. The maximum absolute atomic E-state index is 17.8. The third-order valence-electron chi connectivity index (χ3n) is 15.5. The fourth-order valence-corrected chi connectivity index (χ4v) is 11.9. The summed E-state index contributed by atoms with van der Waals surface area (Å²) in [5, 5.41) is 30.5. The average Bonchev–Trinajstić information content (AvgIpc) is 3.94. The Labute approximate surface area is 402 Å². The van der Waals surface area contributed by atoms with Crippen LogP contribution in [0.1, 0.15) is 108 Å². The van der Waals surface area contributed by atoms with Crippen molar-refractivity contribution in [2.24, 2.45) is 22.7 Å². The first-order chi connectivity index (χ1) is 33.1. The molecule has 17 nitrogen and oxygen atoms in total. The molecule has 12 atom stereocenters. The van der Waals surface area contributed by atoms with Gasteiger partial charge in [0.1, 0.15) is 24.9 Å². The number of fused-ring (bicyclic) bond motifs is 7. The maximum atomic E-state index is 17.8. The molecule has 0 aromatic heterocycles. The summed E-state index contributed by atoms with van der Waals surface area (Å²) in [4.78, 5) is 105. The number of hydrogen-bond acceptors (Lipinski definition) is 13. The van der Waals surface area contributed by atoms with Gasteiger partial charge in [-0.25, -0.2) is 13.6 Å². The molecule has 0 radical (unpaired) electrons. The highest BCUT2D eigenvalue weighted by Crippen LogP contribution is 2.72. The van der Waals surface area contributed by atoms with Crippen molar-refractivity contribution >= 4 is 52.8 Å². The highest BCUT2D eigenvalue weighted by molar-refractivity contribution is 6.02. The van der Waals surface area contributed by atoms with Crippen LogP contribution in [0.5, 0.6) is 0 Å². The first-order valence-electron chi connectivity index (χ1n) is 23.7. The number of unbranched alkanes of at least 4 members (excludes halogenated alkanes) is 1. The molecule has 70 heavy (non-hydrogen) atoms. The van der Waals surface area contributed by atoms with Gasteiger partial charge in [-0.1, -0.05) is 49.4 Å². The Morgan fingerprint density at radius 3 is 2.29 bits per heavy atom. The number of Topliss-reactive ketones (excluding diaryl/α,β-unsaturated/α-hetero) is 1. The van der Waals surface area contributed by atoms with E-state index in [4.69, 9.17) is 14.3 Å². The predicted octanol–water partition coefficient (Wildman–Crippen LogP) is 4.04. The van der Waals surface area contributed by atoms with Crippen LogP contribution in [0.25, 0.3) is 0 Å². The van der Waals surface area contributed by atoms with Gasteiger partial charge in [-0.2, -0.15) is 0 Å². The van der Waals surface area contributed by atoms with Crippen molar-refractivity contribution in [1.29, 1.82) is 0 Å². The minimum atomic E-state index is -2.36. The first-order valence-corrected chi connectivity index (χ1v) is 23.7. The molecule has 2 saturated heterocycles. The summed E-state index contributed by atoms with van der Waals surface area (Å²) in [5.74, 6) is -6.36. The molecule has 3 saturated carbocycles. The Morgan fingerprint density at radius 2 is 1.59 bits per heavy atom. The van der Waals surface area contributed by atoms with E-state index in [9.17, 15) is 48.6 Å². The lowest BCUT2D eigenvalue weighted by atomic mass is 9.44. The topological polar surface area (TPSA) is 244 Å². The van der Waals surface area contributed by atoms with E-state index < -0.39 is 124 Å². The normalized spacial score (nSPS) is 32.7. The molecule has 2 aromatic carbocycles. The molecule has 4 aliphatic carbocycles. The zero-order chi connectivity index (χ0) is 50.5. The molecule has 6 aliphatic rings. The van der Waals surface area contributed by atoms with Gasteiger partial charge >= 0.3 is 5.97 Å². The van der Waals surface area contributed by atoms with Crippen molar-refractivity contribution in [3.05, 3.63) is 89.0 Å². The Balaban J connectivity index is 0.833. The number of imide groups is 1. The lowest BCUT2D eigenvalue weighted by Gasteiger charge is -2.63. The van der Waals surface area contributed by atoms with E-state index >= 15 is 8.78 Å². The number of benzene rings is 2. The van der Waals surface area contributed by atoms with Crippen molar-refractivity contribution in [2.45, 2.75) is 140 Å². The Morgan fingerprint density at radius 1 is 0.900 bits per heavy atom. The SMILES string of the molecule is C[C@H](NC(=O)CCCCC(=O)ON1C(=O)CCC1=O)C(=O)N[C@@H](C)C(=O)Nc1cccc(Cc2ccc([C@@H]3O[C@@H]4CC5[C@@H]6C[C@H](F)C7=CC(=O)C=C[C@]7(C)[C@@]6(F)[C@@H](O)C[C@]5(C)[C@]4(C(=O)CO)O3)cc2)c1. The second kappa shape index (κ2) is 19.3. The first kappa shape index (κ1) is 50.4. The number of hydroxylamine groups is 2. The molecule has 5 N–H and O–H groups in total. The van der Waals surface area contributed by atoms with Crippen molar-refractivity contribution in [1.82, 2.24) is 15.7 Å². The second-order valence-corrected chi connectivity index (χ2v) is 19.9. The number of alkyl halides is 2. The fraction of sp³-hybridized carbons (Fsp3) is 0.529. The number of ketones is 2. The molecule has 2 aliphatic heterocycles. The number of anilines is 1. The van der Waals surface area contributed by atoms with Crippen LogP contribution in [0.3, 0.4) is 0 Å². The van der Waals surface area contributed by atoms with Crippen LogP contribution >= 0.6 is 0 Å². The van der Waals surface area contributed by atoms with Gasteiger partial charge < -0.3 is 40.5 Å². The van der Waals surface area contributed by atoms with Crippen LogP contribution in [-0.2, 0) is 59.1 Å². The Kier molecular flexibility index (Phi) is 13.9. The highest BCUT2D eigenvalue weighted by Gasteiger charge is 2.80. The van der Waals surface area contributed by atoms with Crippen molar-refractivity contribution in [3.8, 4) is 0 Å². The molecule has 5 fully saturated rings. The zero-order valence-corrected chi connectivity index (χ0v) is 39.3. The van der Waals surface area contributed by atoms with E-state index in [1.54, 1.807) is 37.3 Å². The summed E-state index contributed by atoms with van der Waals surface area (Å²) in [6.07, 6.45) is -1.27. The number of rotatable bonds is 16. The number of carbonyl (C=O) groups excluding carboxylic acids is 8. The minimum Gasteiger partial charge on any atom is -0.390 e. The number of nitrogens with zero attached hydrogens (tertiary/aromatic N) is 1. The van der Waals surface area contributed by atoms with Gasteiger partial charge in [-0.05, 0) is 106 Å². The van der Waals surface area contributed by atoms with Gasteiger partial charge in [0.25, 0.3) is 11.8 Å². The number of halogens is 2. The van der Waals surface area contributed by atoms with Gasteiger partial charge in [0.15, 0.2) is 29.1 Å². The molecule has 2 aromatic rings. The van der Waals surface area contributed by atoms with Crippen LogP contribution in [0.4, 0.5) is 14.5 Å².